The van der Waals surface area contributed by atoms with Crippen molar-refractivity contribution in [3.63, 3.8) is 0 Å². The second-order valence-corrected chi connectivity index (χ2v) is 5.16. The van der Waals surface area contributed by atoms with Gasteiger partial charge in [0.2, 0.25) is 0 Å². The van der Waals surface area contributed by atoms with Crippen LogP contribution in [0.4, 0.5) is 8.78 Å². The molecule has 0 saturated heterocycles. The largest absolute Gasteiger partial charge is 0.486 e. The highest BCUT2D eigenvalue weighted by atomic mass is 19.1. The Morgan fingerprint density at radius 1 is 1.21 bits per heavy atom. The number of ether oxygens (including phenoxy) is 1. The molecule has 0 radical (unpaired) electrons. The summed E-state index contributed by atoms with van der Waals surface area (Å²) in [6, 6.07) is 3.28. The monoisotopic (exact) mass is 271 g/mol. The Labute approximate surface area is 114 Å². The minimum Gasteiger partial charge on any atom is -0.486 e. The lowest BCUT2D eigenvalue weighted by Crippen LogP contribution is -2.33. The molecule has 19 heavy (non-hydrogen) atoms. The molecule has 1 aromatic rings. The Kier molecular flexibility index (Phi) is 6.78. The molecule has 0 spiro atoms. The molecule has 1 N–H and O–H groups in total. The van der Waals surface area contributed by atoms with E-state index in [4.69, 9.17) is 4.74 Å². The van der Waals surface area contributed by atoms with E-state index in [1.54, 1.807) is 0 Å². The molecule has 0 aromatic heterocycles. The lowest BCUT2D eigenvalue weighted by Gasteiger charge is -2.20. The van der Waals surface area contributed by atoms with Crippen LogP contribution in [0.25, 0.3) is 0 Å². The Hall–Kier alpha value is -1.16. The molecule has 2 nitrogen and oxygen atoms in total. The topological polar surface area (TPSA) is 21.3 Å². The van der Waals surface area contributed by atoms with E-state index in [9.17, 15) is 8.78 Å². The highest BCUT2D eigenvalue weighted by Crippen LogP contribution is 2.20. The molecular weight excluding hydrogens is 248 g/mol. The van der Waals surface area contributed by atoms with E-state index in [-0.39, 0.29) is 11.9 Å². The fourth-order valence-corrected chi connectivity index (χ4v) is 1.80. The van der Waals surface area contributed by atoms with Crippen molar-refractivity contribution < 1.29 is 13.5 Å². The second kappa shape index (κ2) is 8.10. The molecule has 0 fully saturated rings. The summed E-state index contributed by atoms with van der Waals surface area (Å²) >= 11 is 0. The number of benzene rings is 1. The van der Waals surface area contributed by atoms with Crippen LogP contribution in [0.15, 0.2) is 18.2 Å². The lowest BCUT2D eigenvalue weighted by molar-refractivity contribution is 0.177. The first-order valence-corrected chi connectivity index (χ1v) is 6.85. The van der Waals surface area contributed by atoms with Gasteiger partial charge in [0.1, 0.15) is 11.9 Å². The average Bonchev–Trinajstić information content (AvgIpc) is 2.33. The van der Waals surface area contributed by atoms with Gasteiger partial charge in [0.25, 0.3) is 0 Å². The average molecular weight is 271 g/mol. The first-order chi connectivity index (χ1) is 9.02. The maximum Gasteiger partial charge on any atom is 0.165 e. The summed E-state index contributed by atoms with van der Waals surface area (Å²) in [5.41, 5.74) is 0. The van der Waals surface area contributed by atoms with E-state index in [1.165, 1.54) is 0 Å². The van der Waals surface area contributed by atoms with Crippen molar-refractivity contribution in [2.45, 2.75) is 39.7 Å². The highest BCUT2D eigenvalue weighted by Gasteiger charge is 2.13. The molecule has 0 amide bonds. The molecule has 0 aliphatic heterocycles. The Bertz CT molecular complexity index is 382. The van der Waals surface area contributed by atoms with Crippen LogP contribution >= 0.6 is 0 Å². The predicted octanol–water partition coefficient (Wildman–Crippen LogP) is 3.76. The summed E-state index contributed by atoms with van der Waals surface area (Å²) in [6.45, 7) is 7.81. The van der Waals surface area contributed by atoms with Gasteiger partial charge in [0, 0.05) is 12.6 Å². The molecule has 1 rings (SSSR count). The van der Waals surface area contributed by atoms with Crippen LogP contribution in [0.2, 0.25) is 0 Å². The second-order valence-electron chi connectivity index (χ2n) is 5.16. The van der Waals surface area contributed by atoms with Crippen LogP contribution in [0.5, 0.6) is 5.75 Å². The van der Waals surface area contributed by atoms with Gasteiger partial charge in [-0.3, -0.25) is 0 Å². The van der Waals surface area contributed by atoms with Crippen LogP contribution in [0.3, 0.4) is 0 Å². The van der Waals surface area contributed by atoms with E-state index in [0.29, 0.717) is 12.5 Å². The maximum atomic E-state index is 13.5. The lowest BCUT2D eigenvalue weighted by atomic mass is 10.2. The summed E-state index contributed by atoms with van der Waals surface area (Å²) in [4.78, 5) is 0. The summed E-state index contributed by atoms with van der Waals surface area (Å²) in [7, 11) is 0. The van der Waals surface area contributed by atoms with Gasteiger partial charge in [-0.15, -0.1) is 0 Å². The van der Waals surface area contributed by atoms with Crippen molar-refractivity contribution in [2.24, 2.45) is 5.92 Å². The third-order valence-corrected chi connectivity index (χ3v) is 2.72. The Morgan fingerprint density at radius 2 is 1.95 bits per heavy atom. The van der Waals surface area contributed by atoms with Gasteiger partial charge in [-0.1, -0.05) is 27.2 Å². The molecule has 0 aliphatic carbocycles. The SMILES string of the molecule is CCCC(CNCC(C)C)Oc1cc(F)ccc1F. The van der Waals surface area contributed by atoms with Gasteiger partial charge in [0.15, 0.2) is 11.6 Å². The Balaban J connectivity index is 2.58. The van der Waals surface area contributed by atoms with E-state index < -0.39 is 11.6 Å². The van der Waals surface area contributed by atoms with E-state index in [2.05, 4.69) is 19.2 Å². The molecule has 0 saturated carbocycles. The van der Waals surface area contributed by atoms with Crippen LogP contribution in [0, 0.1) is 17.6 Å². The number of halogens is 2. The fourth-order valence-electron chi connectivity index (χ4n) is 1.80. The van der Waals surface area contributed by atoms with Gasteiger partial charge >= 0.3 is 0 Å². The van der Waals surface area contributed by atoms with Gasteiger partial charge in [-0.25, -0.2) is 8.78 Å². The standard InChI is InChI=1S/C15H23F2NO/c1-4-5-13(10-18-9-11(2)3)19-15-8-12(16)6-7-14(15)17/h6-8,11,13,18H,4-5,9-10H2,1-3H3. The van der Waals surface area contributed by atoms with Crippen molar-refractivity contribution in [3.05, 3.63) is 29.8 Å². The van der Waals surface area contributed by atoms with Crippen molar-refractivity contribution in [1.82, 2.24) is 5.32 Å². The first-order valence-electron chi connectivity index (χ1n) is 6.85. The van der Waals surface area contributed by atoms with Crippen molar-refractivity contribution in [2.75, 3.05) is 13.1 Å². The van der Waals surface area contributed by atoms with Crippen LogP contribution < -0.4 is 10.1 Å². The molecular formula is C15H23F2NO. The fraction of sp³-hybridized carbons (Fsp3) is 0.600. The van der Waals surface area contributed by atoms with E-state index in [1.807, 2.05) is 6.92 Å². The zero-order valence-corrected chi connectivity index (χ0v) is 11.9. The van der Waals surface area contributed by atoms with E-state index in [0.717, 1.165) is 37.6 Å². The summed E-state index contributed by atoms with van der Waals surface area (Å²) < 4.78 is 32.2. The molecule has 0 heterocycles. The summed E-state index contributed by atoms with van der Waals surface area (Å²) in [5.74, 6) is -0.467. The molecule has 0 bridgehead atoms. The van der Waals surface area contributed by atoms with Gasteiger partial charge in [-0.2, -0.15) is 0 Å². The molecule has 1 aromatic carbocycles. The number of nitrogens with one attached hydrogen (secondary N) is 1. The Morgan fingerprint density at radius 3 is 2.58 bits per heavy atom. The maximum absolute atomic E-state index is 13.5. The van der Waals surface area contributed by atoms with Gasteiger partial charge in [-0.05, 0) is 31.0 Å². The first kappa shape index (κ1) is 15.9. The van der Waals surface area contributed by atoms with Crippen molar-refractivity contribution in [3.8, 4) is 5.75 Å². The zero-order valence-electron chi connectivity index (χ0n) is 11.9. The molecule has 1 unspecified atom stereocenters. The number of hydrogen-bond acceptors (Lipinski definition) is 2. The summed E-state index contributed by atoms with van der Waals surface area (Å²) in [5, 5.41) is 3.28. The zero-order chi connectivity index (χ0) is 14.3. The van der Waals surface area contributed by atoms with Crippen molar-refractivity contribution in [1.29, 1.82) is 0 Å². The number of hydrogen-bond donors (Lipinski definition) is 1. The molecule has 108 valence electrons. The van der Waals surface area contributed by atoms with E-state index >= 15 is 0 Å². The normalized spacial score (nSPS) is 12.7. The van der Waals surface area contributed by atoms with Crippen LogP contribution in [-0.4, -0.2) is 19.2 Å². The third-order valence-electron chi connectivity index (χ3n) is 2.72. The summed E-state index contributed by atoms with van der Waals surface area (Å²) in [6.07, 6.45) is 1.60. The third kappa shape index (κ3) is 6.01. The van der Waals surface area contributed by atoms with Gasteiger partial charge in [0.05, 0.1) is 0 Å². The van der Waals surface area contributed by atoms with Gasteiger partial charge < -0.3 is 10.1 Å². The minimum absolute atomic E-state index is 0.00945. The molecule has 1 atom stereocenters. The number of rotatable bonds is 8. The minimum atomic E-state index is -0.522. The quantitative estimate of drug-likeness (QED) is 0.777. The highest BCUT2D eigenvalue weighted by molar-refractivity contribution is 5.25. The van der Waals surface area contributed by atoms with Crippen molar-refractivity contribution >= 4 is 0 Å². The van der Waals surface area contributed by atoms with Crippen LogP contribution in [-0.2, 0) is 0 Å². The van der Waals surface area contributed by atoms with Crippen LogP contribution in [0.1, 0.15) is 33.6 Å². The smallest absolute Gasteiger partial charge is 0.165 e. The molecule has 4 heteroatoms. The predicted molar refractivity (Wildman–Crippen MR) is 73.4 cm³/mol. The molecule has 0 aliphatic rings.